The fourth-order valence-electron chi connectivity index (χ4n) is 4.08. The molecule has 0 aliphatic carbocycles. The summed E-state index contributed by atoms with van der Waals surface area (Å²) >= 11 is 5.84. The number of likely N-dealkylation sites (tertiary alicyclic amines) is 1. The molecule has 1 aliphatic heterocycles. The molecule has 4 rings (SSSR count). The summed E-state index contributed by atoms with van der Waals surface area (Å²) in [5.41, 5.74) is 1.21. The van der Waals surface area contributed by atoms with Crippen molar-refractivity contribution in [1.82, 2.24) is 14.3 Å². The lowest BCUT2D eigenvalue weighted by molar-refractivity contribution is -0.953. The van der Waals surface area contributed by atoms with Crippen LogP contribution in [0.25, 0.3) is 11.6 Å². The summed E-state index contributed by atoms with van der Waals surface area (Å²) in [4.78, 5) is 1.59. The fourth-order valence-corrected chi connectivity index (χ4v) is 4.34. The van der Waals surface area contributed by atoms with Crippen LogP contribution in [0, 0.1) is 4.77 Å². The molecule has 1 saturated heterocycles. The van der Waals surface area contributed by atoms with Gasteiger partial charge >= 0.3 is 0 Å². The third kappa shape index (κ3) is 3.92. The molecule has 0 saturated carbocycles. The molecule has 0 amide bonds. The first-order chi connectivity index (χ1) is 13.3. The summed E-state index contributed by atoms with van der Waals surface area (Å²) in [7, 11) is 0. The van der Waals surface area contributed by atoms with E-state index in [1.807, 2.05) is 22.9 Å². The maximum atomic E-state index is 5.84. The lowest BCUT2D eigenvalue weighted by atomic mass is 10.0. The van der Waals surface area contributed by atoms with Gasteiger partial charge in [0.1, 0.15) is 0 Å². The van der Waals surface area contributed by atoms with Gasteiger partial charge in [-0.2, -0.15) is 4.68 Å². The molecule has 27 heavy (non-hydrogen) atoms. The number of quaternary nitrogens is 1. The highest BCUT2D eigenvalue weighted by atomic mass is 32.1. The molecule has 2 aromatic heterocycles. The van der Waals surface area contributed by atoms with Gasteiger partial charge in [0.25, 0.3) is 0 Å². The van der Waals surface area contributed by atoms with Crippen LogP contribution in [0.1, 0.15) is 38.2 Å². The van der Waals surface area contributed by atoms with Crippen LogP contribution >= 0.6 is 12.2 Å². The normalized spacial score (nSPS) is 20.0. The lowest BCUT2D eigenvalue weighted by Gasteiger charge is -2.31. The minimum absolute atomic E-state index is 0.697. The predicted molar refractivity (Wildman–Crippen MR) is 108 cm³/mol. The molecule has 3 aromatic rings. The van der Waals surface area contributed by atoms with Gasteiger partial charge in [-0.25, -0.2) is 0 Å². The Morgan fingerprint density at radius 3 is 2.78 bits per heavy atom. The summed E-state index contributed by atoms with van der Waals surface area (Å²) in [5, 5.41) is 4.87. The molecule has 0 bridgehead atoms. The van der Waals surface area contributed by atoms with E-state index in [4.69, 9.17) is 21.7 Å². The molecular formula is C21H27N4OS+. The molecule has 0 spiro atoms. The first-order valence-electron chi connectivity index (χ1n) is 9.86. The first-order valence-corrected chi connectivity index (χ1v) is 10.3. The number of furan rings is 1. The van der Waals surface area contributed by atoms with Gasteiger partial charge < -0.3 is 9.32 Å². The second kappa shape index (κ2) is 8.23. The molecular weight excluding hydrogens is 356 g/mol. The van der Waals surface area contributed by atoms with Crippen LogP contribution in [0.2, 0.25) is 0 Å². The number of nitrogens with zero attached hydrogens (tertiary/aromatic N) is 3. The van der Waals surface area contributed by atoms with E-state index in [0.717, 1.165) is 23.0 Å². The molecule has 1 unspecified atom stereocenters. The van der Waals surface area contributed by atoms with Gasteiger partial charge in [-0.15, -0.1) is 5.10 Å². The number of hydrogen-bond donors (Lipinski definition) is 1. The van der Waals surface area contributed by atoms with Crippen molar-refractivity contribution in [1.29, 1.82) is 0 Å². The van der Waals surface area contributed by atoms with Crippen LogP contribution in [0.4, 0.5) is 0 Å². The Morgan fingerprint density at radius 1 is 1.19 bits per heavy atom. The van der Waals surface area contributed by atoms with Crippen LogP contribution in [0.5, 0.6) is 0 Å². The molecule has 2 atom stereocenters. The van der Waals surface area contributed by atoms with Crippen LogP contribution < -0.4 is 4.90 Å². The van der Waals surface area contributed by atoms with Crippen molar-refractivity contribution in [2.75, 3.05) is 6.54 Å². The highest BCUT2D eigenvalue weighted by Gasteiger charge is 2.26. The second-order valence-corrected chi connectivity index (χ2v) is 7.69. The standard InChI is InChI=1S/C21H26N4OS/c1-2-18-11-6-7-13-23(18)16-25-21(27)24(15-17-9-4-3-5-10-17)20(22-25)19-12-8-14-26-19/h3-5,8-10,12,14,18H,2,6-7,11,13,15-16H2,1H3/p+1/t18-/m0/s1. The van der Waals surface area contributed by atoms with Crippen molar-refractivity contribution >= 4 is 12.2 Å². The SMILES string of the molecule is CC[C@H]1CCCC[NH+]1Cn1nc(-c2ccco2)n(Cc2ccccc2)c1=S. The maximum Gasteiger partial charge on any atom is 0.203 e. The van der Waals surface area contributed by atoms with Crippen molar-refractivity contribution in [2.45, 2.75) is 51.9 Å². The summed E-state index contributed by atoms with van der Waals surface area (Å²) in [6.07, 6.45) is 6.82. The zero-order chi connectivity index (χ0) is 18.6. The van der Waals surface area contributed by atoms with Crippen LogP contribution in [0.3, 0.4) is 0 Å². The highest BCUT2D eigenvalue weighted by Crippen LogP contribution is 2.20. The van der Waals surface area contributed by atoms with Gasteiger partial charge in [0, 0.05) is 0 Å². The first kappa shape index (κ1) is 18.2. The average Bonchev–Trinajstić information content (AvgIpc) is 3.33. The van der Waals surface area contributed by atoms with Gasteiger partial charge in [-0.3, -0.25) is 4.57 Å². The number of rotatable bonds is 6. The Hall–Kier alpha value is -2.18. The quantitative estimate of drug-likeness (QED) is 0.662. The van der Waals surface area contributed by atoms with Crippen molar-refractivity contribution in [2.24, 2.45) is 0 Å². The summed E-state index contributed by atoms with van der Waals surface area (Å²) in [5.74, 6) is 1.56. The van der Waals surface area contributed by atoms with E-state index in [9.17, 15) is 0 Å². The molecule has 1 aliphatic rings. The van der Waals surface area contributed by atoms with E-state index in [-0.39, 0.29) is 0 Å². The van der Waals surface area contributed by atoms with Gasteiger partial charge in [-0.1, -0.05) is 37.3 Å². The largest absolute Gasteiger partial charge is 0.461 e. The Kier molecular flexibility index (Phi) is 5.55. The predicted octanol–water partition coefficient (Wildman–Crippen LogP) is 3.53. The number of nitrogens with one attached hydrogen (secondary N) is 1. The Balaban J connectivity index is 1.68. The monoisotopic (exact) mass is 383 g/mol. The Labute approximate surface area is 165 Å². The molecule has 6 heteroatoms. The Bertz CT molecular complexity index is 914. The van der Waals surface area contributed by atoms with Crippen molar-refractivity contribution in [3.05, 3.63) is 59.1 Å². The molecule has 1 fully saturated rings. The van der Waals surface area contributed by atoms with E-state index in [1.165, 1.54) is 37.8 Å². The van der Waals surface area contributed by atoms with Crippen LogP contribution in [0.15, 0.2) is 53.1 Å². The molecule has 0 radical (unpaired) electrons. The van der Waals surface area contributed by atoms with E-state index in [0.29, 0.717) is 12.6 Å². The van der Waals surface area contributed by atoms with Gasteiger partial charge in [0.05, 0.1) is 25.4 Å². The summed E-state index contributed by atoms with van der Waals surface area (Å²) < 4.78 is 10.5. The molecule has 3 heterocycles. The topological polar surface area (TPSA) is 40.3 Å². The third-order valence-electron chi connectivity index (χ3n) is 5.57. The van der Waals surface area contributed by atoms with Crippen molar-refractivity contribution < 1.29 is 9.32 Å². The summed E-state index contributed by atoms with van der Waals surface area (Å²) in [6.45, 7) is 5.01. The van der Waals surface area contributed by atoms with Crippen LogP contribution in [-0.2, 0) is 13.2 Å². The number of benzene rings is 1. The van der Waals surface area contributed by atoms with Gasteiger partial charge in [-0.05, 0) is 55.6 Å². The number of piperidine rings is 1. The van der Waals surface area contributed by atoms with E-state index >= 15 is 0 Å². The third-order valence-corrected chi connectivity index (χ3v) is 6.00. The van der Waals surface area contributed by atoms with Gasteiger partial charge in [0.15, 0.2) is 18.3 Å². The highest BCUT2D eigenvalue weighted by molar-refractivity contribution is 7.71. The van der Waals surface area contributed by atoms with Crippen LogP contribution in [-0.4, -0.2) is 26.9 Å². The zero-order valence-electron chi connectivity index (χ0n) is 15.8. The Morgan fingerprint density at radius 2 is 2.04 bits per heavy atom. The summed E-state index contributed by atoms with van der Waals surface area (Å²) in [6, 6.07) is 14.9. The zero-order valence-corrected chi connectivity index (χ0v) is 16.6. The van der Waals surface area contributed by atoms with E-state index in [1.54, 1.807) is 11.2 Å². The smallest absolute Gasteiger partial charge is 0.203 e. The number of aromatic nitrogens is 3. The van der Waals surface area contributed by atoms with E-state index < -0.39 is 0 Å². The van der Waals surface area contributed by atoms with Gasteiger partial charge in [0.2, 0.25) is 4.77 Å². The fraction of sp³-hybridized carbons (Fsp3) is 0.429. The molecule has 5 nitrogen and oxygen atoms in total. The second-order valence-electron chi connectivity index (χ2n) is 7.32. The molecule has 1 N–H and O–H groups in total. The maximum absolute atomic E-state index is 5.84. The molecule has 1 aromatic carbocycles. The lowest BCUT2D eigenvalue weighted by Crippen LogP contribution is -3.15. The average molecular weight is 384 g/mol. The van der Waals surface area contributed by atoms with Crippen molar-refractivity contribution in [3.63, 3.8) is 0 Å². The number of hydrogen-bond acceptors (Lipinski definition) is 3. The molecule has 142 valence electrons. The minimum Gasteiger partial charge on any atom is -0.461 e. The minimum atomic E-state index is 0.697. The van der Waals surface area contributed by atoms with Crippen molar-refractivity contribution in [3.8, 4) is 11.6 Å². The van der Waals surface area contributed by atoms with E-state index in [2.05, 4.69) is 35.8 Å².